The maximum Gasteiger partial charge on any atom is 0.356 e. The molecule has 1 aromatic rings. The van der Waals surface area contributed by atoms with Crippen LogP contribution in [0.3, 0.4) is 0 Å². The summed E-state index contributed by atoms with van der Waals surface area (Å²) in [5, 5.41) is 9.06. The highest BCUT2D eigenvalue weighted by molar-refractivity contribution is 5.92. The first-order valence-electron chi connectivity index (χ1n) is 5.23. The lowest BCUT2D eigenvalue weighted by atomic mass is 10.2. The molecule has 1 heterocycles. The summed E-state index contributed by atoms with van der Waals surface area (Å²) in [6.45, 7) is 5.32. The van der Waals surface area contributed by atoms with E-state index in [1.165, 1.54) is 6.20 Å². The van der Waals surface area contributed by atoms with Gasteiger partial charge in [0.15, 0.2) is 5.69 Å². The van der Waals surface area contributed by atoms with Crippen molar-refractivity contribution < 1.29 is 14.6 Å². The third-order valence-electron chi connectivity index (χ3n) is 2.24. The molecule has 0 spiro atoms. The summed E-state index contributed by atoms with van der Waals surface area (Å²) in [4.78, 5) is 16.8. The standard InChI is InChI=1S/C12H16N2O3/c1-3-7-14(8-9-17-2)10-5-4-6-13-11(10)12(15)16/h3-6H,1,7-9H2,2H3,(H,15,16). The number of carboxylic acid groups (broad SMARTS) is 1. The van der Waals surface area contributed by atoms with E-state index in [1.807, 2.05) is 4.90 Å². The highest BCUT2D eigenvalue weighted by atomic mass is 16.5. The molecular formula is C12H16N2O3. The van der Waals surface area contributed by atoms with E-state index >= 15 is 0 Å². The van der Waals surface area contributed by atoms with Gasteiger partial charge in [0, 0.05) is 26.4 Å². The molecule has 1 N–H and O–H groups in total. The first kappa shape index (κ1) is 13.2. The largest absolute Gasteiger partial charge is 0.476 e. The molecule has 0 atom stereocenters. The van der Waals surface area contributed by atoms with Gasteiger partial charge < -0.3 is 14.7 Å². The smallest absolute Gasteiger partial charge is 0.356 e. The van der Waals surface area contributed by atoms with Crippen LogP contribution in [-0.4, -0.2) is 42.9 Å². The summed E-state index contributed by atoms with van der Waals surface area (Å²) in [6.07, 6.45) is 3.18. The summed E-state index contributed by atoms with van der Waals surface area (Å²) in [6, 6.07) is 3.44. The minimum Gasteiger partial charge on any atom is -0.476 e. The summed E-state index contributed by atoms with van der Waals surface area (Å²) in [5.41, 5.74) is 0.627. The number of aromatic nitrogens is 1. The third kappa shape index (κ3) is 3.57. The highest BCUT2D eigenvalue weighted by Gasteiger charge is 2.15. The SMILES string of the molecule is C=CCN(CCOC)c1cccnc1C(=O)O. The monoisotopic (exact) mass is 236 g/mol. The number of rotatable bonds is 7. The third-order valence-corrected chi connectivity index (χ3v) is 2.24. The van der Waals surface area contributed by atoms with E-state index in [0.29, 0.717) is 25.4 Å². The van der Waals surface area contributed by atoms with Gasteiger partial charge in [0.05, 0.1) is 12.3 Å². The normalized spacial score (nSPS) is 9.94. The van der Waals surface area contributed by atoms with Crippen molar-refractivity contribution in [1.82, 2.24) is 4.98 Å². The van der Waals surface area contributed by atoms with Crippen LogP contribution < -0.4 is 4.90 Å². The Morgan fingerprint density at radius 1 is 1.71 bits per heavy atom. The van der Waals surface area contributed by atoms with Gasteiger partial charge in [0.25, 0.3) is 0 Å². The van der Waals surface area contributed by atoms with E-state index in [9.17, 15) is 4.79 Å². The van der Waals surface area contributed by atoms with Gasteiger partial charge in [0.2, 0.25) is 0 Å². The fraction of sp³-hybridized carbons (Fsp3) is 0.333. The summed E-state index contributed by atoms with van der Waals surface area (Å²) in [7, 11) is 1.60. The van der Waals surface area contributed by atoms with Gasteiger partial charge in [-0.15, -0.1) is 6.58 Å². The molecule has 92 valence electrons. The molecule has 0 aliphatic rings. The molecule has 0 saturated heterocycles. The number of nitrogens with zero attached hydrogens (tertiary/aromatic N) is 2. The van der Waals surface area contributed by atoms with Gasteiger partial charge in [0.1, 0.15) is 0 Å². The zero-order chi connectivity index (χ0) is 12.7. The quantitative estimate of drug-likeness (QED) is 0.725. The lowest BCUT2D eigenvalue weighted by Gasteiger charge is -2.23. The first-order chi connectivity index (χ1) is 8.20. The minimum atomic E-state index is -1.04. The number of carboxylic acids is 1. The number of hydrogen-bond acceptors (Lipinski definition) is 4. The Kier molecular flexibility index (Phi) is 5.16. The second-order valence-corrected chi connectivity index (χ2v) is 3.40. The van der Waals surface area contributed by atoms with Crippen LogP contribution in [0.15, 0.2) is 31.0 Å². The van der Waals surface area contributed by atoms with Crippen molar-refractivity contribution >= 4 is 11.7 Å². The van der Waals surface area contributed by atoms with Gasteiger partial charge in [-0.05, 0) is 12.1 Å². The van der Waals surface area contributed by atoms with Crippen LogP contribution in [0, 0.1) is 0 Å². The van der Waals surface area contributed by atoms with Crippen molar-refractivity contribution in [3.8, 4) is 0 Å². The fourth-order valence-corrected chi connectivity index (χ4v) is 1.48. The van der Waals surface area contributed by atoms with Crippen LogP contribution in [0.4, 0.5) is 5.69 Å². The number of anilines is 1. The van der Waals surface area contributed by atoms with E-state index in [1.54, 1.807) is 25.3 Å². The zero-order valence-electron chi connectivity index (χ0n) is 9.80. The first-order valence-corrected chi connectivity index (χ1v) is 5.23. The lowest BCUT2D eigenvalue weighted by Crippen LogP contribution is -2.29. The maximum atomic E-state index is 11.1. The molecule has 0 saturated carbocycles. The van der Waals surface area contributed by atoms with Crippen LogP contribution in [0.2, 0.25) is 0 Å². The predicted molar refractivity (Wildman–Crippen MR) is 65.5 cm³/mol. The highest BCUT2D eigenvalue weighted by Crippen LogP contribution is 2.17. The van der Waals surface area contributed by atoms with Crippen LogP contribution in [0.25, 0.3) is 0 Å². The van der Waals surface area contributed by atoms with E-state index in [2.05, 4.69) is 11.6 Å². The maximum absolute atomic E-state index is 11.1. The van der Waals surface area contributed by atoms with Crippen molar-refractivity contribution in [3.63, 3.8) is 0 Å². The number of methoxy groups -OCH3 is 1. The van der Waals surface area contributed by atoms with Gasteiger partial charge in [-0.25, -0.2) is 9.78 Å². The van der Waals surface area contributed by atoms with Gasteiger partial charge in [-0.1, -0.05) is 6.08 Å². The van der Waals surface area contributed by atoms with Crippen LogP contribution in [0.5, 0.6) is 0 Å². The molecule has 0 unspecified atom stereocenters. The van der Waals surface area contributed by atoms with Gasteiger partial charge in [-0.3, -0.25) is 0 Å². The number of ether oxygens (including phenoxy) is 1. The van der Waals surface area contributed by atoms with Gasteiger partial charge in [-0.2, -0.15) is 0 Å². The predicted octanol–water partition coefficient (Wildman–Crippen LogP) is 1.42. The summed E-state index contributed by atoms with van der Waals surface area (Å²) >= 11 is 0. The molecule has 0 bridgehead atoms. The van der Waals surface area contributed by atoms with E-state index < -0.39 is 5.97 Å². The average molecular weight is 236 g/mol. The van der Waals surface area contributed by atoms with Crippen molar-refractivity contribution in [2.75, 3.05) is 31.7 Å². The van der Waals surface area contributed by atoms with Crippen molar-refractivity contribution in [1.29, 1.82) is 0 Å². The Hall–Kier alpha value is -1.88. The molecule has 1 rings (SSSR count). The van der Waals surface area contributed by atoms with Crippen LogP contribution >= 0.6 is 0 Å². The molecular weight excluding hydrogens is 220 g/mol. The molecule has 17 heavy (non-hydrogen) atoms. The van der Waals surface area contributed by atoms with Crippen LogP contribution in [-0.2, 0) is 4.74 Å². The Morgan fingerprint density at radius 3 is 3.06 bits per heavy atom. The Bertz CT molecular complexity index is 393. The van der Waals surface area contributed by atoms with E-state index in [0.717, 1.165) is 0 Å². The summed E-state index contributed by atoms with van der Waals surface area (Å²) in [5.74, 6) is -1.04. The fourth-order valence-electron chi connectivity index (χ4n) is 1.48. The Labute approximate surface area is 100 Å². The Morgan fingerprint density at radius 2 is 2.47 bits per heavy atom. The molecule has 0 aromatic carbocycles. The molecule has 0 aliphatic carbocycles. The number of hydrogen-bond donors (Lipinski definition) is 1. The number of aromatic carboxylic acids is 1. The van der Waals surface area contributed by atoms with Crippen molar-refractivity contribution in [2.24, 2.45) is 0 Å². The molecule has 0 aliphatic heterocycles. The molecule has 5 heteroatoms. The minimum absolute atomic E-state index is 0.0467. The summed E-state index contributed by atoms with van der Waals surface area (Å²) < 4.78 is 5.00. The lowest BCUT2D eigenvalue weighted by molar-refractivity contribution is 0.0691. The molecule has 1 aromatic heterocycles. The second-order valence-electron chi connectivity index (χ2n) is 3.40. The second kappa shape index (κ2) is 6.65. The number of pyridine rings is 1. The van der Waals surface area contributed by atoms with Gasteiger partial charge >= 0.3 is 5.97 Å². The van der Waals surface area contributed by atoms with Crippen molar-refractivity contribution in [3.05, 3.63) is 36.7 Å². The van der Waals surface area contributed by atoms with E-state index in [-0.39, 0.29) is 5.69 Å². The molecule has 0 amide bonds. The van der Waals surface area contributed by atoms with Crippen LogP contribution in [0.1, 0.15) is 10.5 Å². The average Bonchev–Trinajstić information content (AvgIpc) is 2.34. The van der Waals surface area contributed by atoms with Crippen molar-refractivity contribution in [2.45, 2.75) is 0 Å². The number of carbonyl (C=O) groups is 1. The topological polar surface area (TPSA) is 62.7 Å². The Balaban J connectivity index is 2.99. The van der Waals surface area contributed by atoms with E-state index in [4.69, 9.17) is 9.84 Å². The molecule has 0 radical (unpaired) electrons. The zero-order valence-corrected chi connectivity index (χ0v) is 9.80. The molecule has 0 fully saturated rings. The molecule has 5 nitrogen and oxygen atoms in total.